The van der Waals surface area contributed by atoms with Crippen LogP contribution in [0.15, 0.2) is 48.5 Å². The summed E-state index contributed by atoms with van der Waals surface area (Å²) in [5.41, 5.74) is 7.07. The first kappa shape index (κ1) is 27.1. The molecule has 0 saturated carbocycles. The minimum absolute atomic E-state index is 0.0727. The molecule has 3 aliphatic heterocycles. The number of nitrogens with one attached hydrogen (secondary N) is 1. The normalized spacial score (nSPS) is 21.0. The number of nitrogens with zero attached hydrogens (tertiary/aromatic N) is 1. The highest BCUT2D eigenvalue weighted by atomic mass is 16.7. The average molecular weight is 557 g/mol. The average Bonchev–Trinajstić information content (AvgIpc) is 3.71. The van der Waals surface area contributed by atoms with Gasteiger partial charge in [-0.15, -0.1) is 0 Å². The van der Waals surface area contributed by atoms with E-state index in [0.29, 0.717) is 24.7 Å². The van der Waals surface area contributed by atoms with Crippen LogP contribution in [0.4, 0.5) is 5.69 Å². The summed E-state index contributed by atoms with van der Waals surface area (Å²) in [5.74, 6) is -0.0370. The molecule has 1 amide bonds. The van der Waals surface area contributed by atoms with Crippen molar-refractivity contribution < 1.29 is 28.9 Å². The van der Waals surface area contributed by atoms with Gasteiger partial charge in [-0.3, -0.25) is 14.5 Å². The van der Waals surface area contributed by atoms with Gasteiger partial charge in [-0.25, -0.2) is 0 Å². The first-order valence-corrected chi connectivity index (χ1v) is 14.4. The number of rotatable bonds is 8. The Kier molecular flexibility index (Phi) is 7.34. The minimum Gasteiger partial charge on any atom is -0.493 e. The van der Waals surface area contributed by atoms with Crippen molar-refractivity contribution in [2.24, 2.45) is 5.92 Å². The molecule has 0 aromatic heterocycles. The largest absolute Gasteiger partial charge is 0.493 e. The molecule has 41 heavy (non-hydrogen) atoms. The van der Waals surface area contributed by atoms with E-state index in [1.54, 1.807) is 0 Å². The Bertz CT molecular complexity index is 1480. The van der Waals surface area contributed by atoms with Crippen LogP contribution >= 0.6 is 0 Å². The van der Waals surface area contributed by atoms with E-state index in [4.69, 9.17) is 14.2 Å². The Hall–Kier alpha value is -4.04. The lowest BCUT2D eigenvalue weighted by Gasteiger charge is -2.27. The second kappa shape index (κ2) is 11.1. The number of fused-ring (bicyclic) bond motifs is 2. The maximum Gasteiger partial charge on any atom is 0.309 e. The summed E-state index contributed by atoms with van der Waals surface area (Å²) < 4.78 is 16.8. The van der Waals surface area contributed by atoms with Gasteiger partial charge in [0, 0.05) is 30.6 Å². The fourth-order valence-electron chi connectivity index (χ4n) is 6.69. The van der Waals surface area contributed by atoms with Crippen LogP contribution in [0, 0.1) is 12.8 Å². The maximum atomic E-state index is 13.7. The van der Waals surface area contributed by atoms with E-state index in [2.05, 4.69) is 44.3 Å². The van der Waals surface area contributed by atoms with Crippen molar-refractivity contribution in [3.8, 4) is 17.2 Å². The monoisotopic (exact) mass is 556 g/mol. The minimum atomic E-state index is -0.891. The Morgan fingerprint density at radius 2 is 1.63 bits per heavy atom. The summed E-state index contributed by atoms with van der Waals surface area (Å²) in [6.07, 6.45) is 2.40. The number of aliphatic carboxylic acids is 1. The van der Waals surface area contributed by atoms with Gasteiger partial charge in [-0.05, 0) is 65.8 Å². The number of amides is 1. The SMILES string of the molecule is CCc1cc(C)cc(CC)c1NC(=O)CN1C[C@H](c2ccc3c(c2)OCO3)C(C(=O)O)[C@@H]1c1ccc2c(c1)CCO2. The second-order valence-corrected chi connectivity index (χ2v) is 11.1. The highest BCUT2D eigenvalue weighted by Crippen LogP contribution is 2.48. The fraction of sp³-hybridized carbons (Fsp3) is 0.394. The fourth-order valence-corrected chi connectivity index (χ4v) is 6.69. The molecule has 3 atom stereocenters. The van der Waals surface area contributed by atoms with Gasteiger partial charge in [0.2, 0.25) is 12.7 Å². The number of likely N-dealkylation sites (tertiary alicyclic amines) is 1. The lowest BCUT2D eigenvalue weighted by molar-refractivity contribution is -0.143. The van der Waals surface area contributed by atoms with Crippen molar-refractivity contribution in [2.45, 2.75) is 52.0 Å². The molecule has 8 heteroatoms. The zero-order chi connectivity index (χ0) is 28.7. The van der Waals surface area contributed by atoms with Crippen molar-refractivity contribution in [1.82, 2.24) is 4.90 Å². The summed E-state index contributed by atoms with van der Waals surface area (Å²) in [5, 5.41) is 13.8. The number of ether oxygens (including phenoxy) is 3. The summed E-state index contributed by atoms with van der Waals surface area (Å²) >= 11 is 0. The molecule has 0 bridgehead atoms. The van der Waals surface area contributed by atoms with Gasteiger partial charge >= 0.3 is 5.97 Å². The van der Waals surface area contributed by atoms with Crippen molar-refractivity contribution in [3.05, 3.63) is 81.9 Å². The van der Waals surface area contributed by atoms with Crippen molar-refractivity contribution in [3.63, 3.8) is 0 Å². The summed E-state index contributed by atoms with van der Waals surface area (Å²) in [6, 6.07) is 15.3. The van der Waals surface area contributed by atoms with E-state index >= 15 is 0 Å². The van der Waals surface area contributed by atoms with Crippen LogP contribution in [-0.4, -0.2) is 48.4 Å². The van der Waals surface area contributed by atoms with E-state index in [1.165, 1.54) is 5.56 Å². The van der Waals surface area contributed by atoms with Crippen LogP contribution in [0.2, 0.25) is 0 Å². The van der Waals surface area contributed by atoms with E-state index in [0.717, 1.165) is 58.5 Å². The maximum absolute atomic E-state index is 13.7. The molecule has 1 fully saturated rings. The van der Waals surface area contributed by atoms with Gasteiger partial charge in [0.25, 0.3) is 0 Å². The summed E-state index contributed by atoms with van der Waals surface area (Å²) in [4.78, 5) is 28.6. The van der Waals surface area contributed by atoms with Gasteiger partial charge in [-0.2, -0.15) is 0 Å². The van der Waals surface area contributed by atoms with Crippen molar-refractivity contribution in [1.29, 1.82) is 0 Å². The number of hydrogen-bond donors (Lipinski definition) is 2. The van der Waals surface area contributed by atoms with E-state index < -0.39 is 17.9 Å². The molecule has 3 heterocycles. The quantitative estimate of drug-likeness (QED) is 0.391. The Balaban J connectivity index is 1.35. The third kappa shape index (κ3) is 5.12. The first-order chi connectivity index (χ1) is 19.9. The molecule has 8 nitrogen and oxygen atoms in total. The van der Waals surface area contributed by atoms with Gasteiger partial charge in [0.15, 0.2) is 11.5 Å². The highest BCUT2D eigenvalue weighted by molar-refractivity contribution is 5.94. The number of hydrogen-bond acceptors (Lipinski definition) is 6. The third-order valence-corrected chi connectivity index (χ3v) is 8.58. The summed E-state index contributed by atoms with van der Waals surface area (Å²) in [7, 11) is 0. The lowest BCUT2D eigenvalue weighted by Crippen LogP contribution is -2.35. The molecule has 1 saturated heterocycles. The van der Waals surface area contributed by atoms with Crippen LogP contribution in [0.25, 0.3) is 0 Å². The molecule has 3 aromatic rings. The van der Waals surface area contributed by atoms with Gasteiger partial charge in [0.05, 0.1) is 19.1 Å². The molecular formula is C33H36N2O6. The number of carboxylic acids is 1. The van der Waals surface area contributed by atoms with Gasteiger partial charge < -0.3 is 24.6 Å². The molecule has 0 aliphatic carbocycles. The zero-order valence-electron chi connectivity index (χ0n) is 23.7. The van der Waals surface area contributed by atoms with Crippen LogP contribution in [0.5, 0.6) is 17.2 Å². The van der Waals surface area contributed by atoms with Crippen LogP contribution in [-0.2, 0) is 28.9 Å². The Labute approximate surface area is 240 Å². The Morgan fingerprint density at radius 1 is 0.927 bits per heavy atom. The van der Waals surface area contributed by atoms with Crippen LogP contribution < -0.4 is 19.5 Å². The predicted molar refractivity (Wildman–Crippen MR) is 155 cm³/mol. The number of carbonyl (C=O) groups is 2. The van der Waals surface area contributed by atoms with E-state index in [9.17, 15) is 14.7 Å². The smallest absolute Gasteiger partial charge is 0.309 e. The van der Waals surface area contributed by atoms with Crippen LogP contribution in [0.1, 0.15) is 59.2 Å². The molecule has 1 unspecified atom stereocenters. The number of aryl methyl sites for hydroxylation is 3. The lowest BCUT2D eigenvalue weighted by atomic mass is 9.82. The second-order valence-electron chi connectivity index (χ2n) is 11.1. The predicted octanol–water partition coefficient (Wildman–Crippen LogP) is 5.26. The molecule has 6 rings (SSSR count). The number of anilines is 1. The standard InChI is InChI=1S/C33H36N2O6/c1-4-20-12-19(3)13-21(5-2)31(20)34-29(36)17-35-16-25(22-6-9-27-28(15-22)41-18-40-27)30(33(37)38)32(35)24-7-8-26-23(14-24)10-11-39-26/h6-9,12-15,25,30,32H,4-5,10-11,16-18H2,1-3H3,(H,34,36)(H,37,38)/t25-,30?,32+/m1/s1. The zero-order valence-corrected chi connectivity index (χ0v) is 23.7. The molecule has 2 N–H and O–H groups in total. The molecule has 0 spiro atoms. The molecule has 3 aliphatic rings. The summed E-state index contributed by atoms with van der Waals surface area (Å²) in [6.45, 7) is 7.50. The third-order valence-electron chi connectivity index (χ3n) is 8.58. The topological polar surface area (TPSA) is 97.3 Å². The van der Waals surface area contributed by atoms with Crippen molar-refractivity contribution >= 4 is 17.6 Å². The van der Waals surface area contributed by atoms with Gasteiger partial charge in [0.1, 0.15) is 5.75 Å². The number of carboxylic acid groups (broad SMARTS) is 1. The molecule has 214 valence electrons. The highest BCUT2D eigenvalue weighted by Gasteiger charge is 2.48. The Morgan fingerprint density at radius 3 is 2.37 bits per heavy atom. The number of benzene rings is 3. The molecule has 0 radical (unpaired) electrons. The molecular weight excluding hydrogens is 520 g/mol. The van der Waals surface area contributed by atoms with Crippen LogP contribution in [0.3, 0.4) is 0 Å². The van der Waals surface area contributed by atoms with E-state index in [1.807, 2.05) is 35.2 Å². The van der Waals surface area contributed by atoms with Crippen molar-refractivity contribution in [2.75, 3.05) is 31.8 Å². The number of carbonyl (C=O) groups excluding carboxylic acids is 1. The molecule has 3 aromatic carbocycles. The van der Waals surface area contributed by atoms with Gasteiger partial charge in [-0.1, -0.05) is 49.7 Å². The van der Waals surface area contributed by atoms with E-state index in [-0.39, 0.29) is 25.2 Å². The first-order valence-electron chi connectivity index (χ1n) is 14.4.